The zero-order chi connectivity index (χ0) is 13.0. The third-order valence-electron chi connectivity index (χ3n) is 2.54. The second-order valence-corrected chi connectivity index (χ2v) is 3.88. The Hall–Kier alpha value is -1.94. The van der Waals surface area contributed by atoms with Crippen molar-refractivity contribution >= 4 is 0 Å². The molecule has 0 unspecified atom stereocenters. The third kappa shape index (κ3) is 3.05. The van der Waals surface area contributed by atoms with Gasteiger partial charge in [0.05, 0.1) is 0 Å². The van der Waals surface area contributed by atoms with Gasteiger partial charge in [0.1, 0.15) is 24.0 Å². The first-order valence-corrected chi connectivity index (χ1v) is 5.55. The van der Waals surface area contributed by atoms with Crippen LogP contribution >= 0.6 is 0 Å². The van der Waals surface area contributed by atoms with E-state index in [2.05, 4.69) is 0 Å². The molecule has 0 atom stereocenters. The monoisotopic (exact) mass is 249 g/mol. The number of hydrogen-bond donors (Lipinski definition) is 1. The molecule has 0 saturated heterocycles. The molecule has 0 aliphatic carbocycles. The van der Waals surface area contributed by atoms with Crippen LogP contribution < -0.4 is 10.5 Å². The average Bonchev–Trinajstić information content (AvgIpc) is 2.40. The van der Waals surface area contributed by atoms with Crippen LogP contribution in [0.25, 0.3) is 0 Å². The van der Waals surface area contributed by atoms with Crippen LogP contribution in [0.2, 0.25) is 0 Å². The predicted octanol–water partition coefficient (Wildman–Crippen LogP) is 3.00. The van der Waals surface area contributed by atoms with Gasteiger partial charge in [-0.15, -0.1) is 0 Å². The molecule has 18 heavy (non-hydrogen) atoms. The molecule has 2 aromatic rings. The van der Waals surface area contributed by atoms with E-state index in [1.165, 1.54) is 0 Å². The fraction of sp³-hybridized carbons (Fsp3) is 0.143. The molecular formula is C14H13F2NO. The average molecular weight is 249 g/mol. The lowest BCUT2D eigenvalue weighted by Crippen LogP contribution is -2.01. The number of halogens is 2. The minimum absolute atomic E-state index is 0.0163. The Morgan fingerprint density at radius 2 is 1.89 bits per heavy atom. The number of hydrogen-bond acceptors (Lipinski definition) is 2. The SMILES string of the molecule is NCc1cccc(OCc2cc(F)ccc2F)c1. The zero-order valence-electron chi connectivity index (χ0n) is 9.70. The Morgan fingerprint density at radius 3 is 2.67 bits per heavy atom. The van der Waals surface area contributed by atoms with E-state index in [9.17, 15) is 8.78 Å². The van der Waals surface area contributed by atoms with E-state index < -0.39 is 11.6 Å². The van der Waals surface area contributed by atoms with Crippen LogP contribution in [-0.4, -0.2) is 0 Å². The molecule has 0 aliphatic heterocycles. The van der Waals surface area contributed by atoms with Gasteiger partial charge in [0.25, 0.3) is 0 Å². The molecule has 0 spiro atoms. The van der Waals surface area contributed by atoms with Crippen LogP contribution in [0.15, 0.2) is 42.5 Å². The van der Waals surface area contributed by atoms with Crippen molar-refractivity contribution in [1.29, 1.82) is 0 Å². The van der Waals surface area contributed by atoms with Crippen LogP contribution in [0.1, 0.15) is 11.1 Å². The largest absolute Gasteiger partial charge is 0.489 e. The molecule has 2 rings (SSSR count). The van der Waals surface area contributed by atoms with Crippen molar-refractivity contribution in [2.75, 3.05) is 0 Å². The summed E-state index contributed by atoms with van der Waals surface area (Å²) in [6.45, 7) is 0.392. The molecule has 94 valence electrons. The Kier molecular flexibility index (Phi) is 3.89. The van der Waals surface area contributed by atoms with E-state index in [4.69, 9.17) is 10.5 Å². The number of ether oxygens (including phenoxy) is 1. The maximum absolute atomic E-state index is 13.4. The topological polar surface area (TPSA) is 35.2 Å². The summed E-state index contributed by atoms with van der Waals surface area (Å²) < 4.78 is 31.7. The Balaban J connectivity index is 2.08. The molecule has 0 heterocycles. The van der Waals surface area contributed by atoms with Gasteiger partial charge in [0.2, 0.25) is 0 Å². The number of nitrogens with two attached hydrogens (primary N) is 1. The van der Waals surface area contributed by atoms with Crippen molar-refractivity contribution in [2.45, 2.75) is 13.2 Å². The summed E-state index contributed by atoms with van der Waals surface area (Å²) in [7, 11) is 0. The highest BCUT2D eigenvalue weighted by Gasteiger charge is 2.05. The molecule has 0 radical (unpaired) electrons. The molecule has 2 N–H and O–H groups in total. The first-order chi connectivity index (χ1) is 8.69. The Morgan fingerprint density at radius 1 is 1.06 bits per heavy atom. The lowest BCUT2D eigenvalue weighted by molar-refractivity contribution is 0.298. The van der Waals surface area contributed by atoms with Crippen molar-refractivity contribution in [3.8, 4) is 5.75 Å². The van der Waals surface area contributed by atoms with E-state index >= 15 is 0 Å². The van der Waals surface area contributed by atoms with E-state index in [0.717, 1.165) is 23.8 Å². The van der Waals surface area contributed by atoms with Crippen molar-refractivity contribution < 1.29 is 13.5 Å². The standard InChI is InChI=1S/C14H13F2NO/c15-12-4-5-14(16)11(7-12)9-18-13-3-1-2-10(6-13)8-17/h1-7H,8-9,17H2. The highest BCUT2D eigenvalue weighted by atomic mass is 19.1. The van der Waals surface area contributed by atoms with Crippen LogP contribution in [-0.2, 0) is 13.2 Å². The molecule has 0 fully saturated rings. The van der Waals surface area contributed by atoms with Gasteiger partial charge in [-0.25, -0.2) is 8.78 Å². The van der Waals surface area contributed by atoms with Gasteiger partial charge in [-0.2, -0.15) is 0 Å². The molecule has 2 aromatic carbocycles. The first-order valence-electron chi connectivity index (χ1n) is 5.55. The van der Waals surface area contributed by atoms with Crippen molar-refractivity contribution in [3.05, 3.63) is 65.2 Å². The maximum atomic E-state index is 13.4. The summed E-state index contributed by atoms with van der Waals surface area (Å²) >= 11 is 0. The molecule has 0 aliphatic rings. The predicted molar refractivity (Wildman–Crippen MR) is 65.0 cm³/mol. The summed E-state index contributed by atoms with van der Waals surface area (Å²) in [5, 5.41) is 0. The van der Waals surface area contributed by atoms with E-state index in [-0.39, 0.29) is 12.2 Å². The van der Waals surface area contributed by atoms with Crippen LogP contribution in [0.4, 0.5) is 8.78 Å². The summed E-state index contributed by atoms with van der Waals surface area (Å²) in [6.07, 6.45) is 0. The Labute approximate surface area is 104 Å². The second-order valence-electron chi connectivity index (χ2n) is 3.88. The smallest absolute Gasteiger partial charge is 0.130 e. The van der Waals surface area contributed by atoms with Crippen LogP contribution in [0.5, 0.6) is 5.75 Å². The van der Waals surface area contributed by atoms with Crippen molar-refractivity contribution in [2.24, 2.45) is 5.73 Å². The van der Waals surface area contributed by atoms with Gasteiger partial charge >= 0.3 is 0 Å². The minimum Gasteiger partial charge on any atom is -0.489 e. The van der Waals surface area contributed by atoms with Gasteiger partial charge < -0.3 is 10.5 Å². The van der Waals surface area contributed by atoms with Crippen LogP contribution in [0.3, 0.4) is 0 Å². The lowest BCUT2D eigenvalue weighted by Gasteiger charge is -2.08. The van der Waals surface area contributed by atoms with Gasteiger partial charge in [-0.3, -0.25) is 0 Å². The number of benzene rings is 2. The zero-order valence-corrected chi connectivity index (χ0v) is 9.70. The van der Waals surface area contributed by atoms with Gasteiger partial charge in [0, 0.05) is 12.1 Å². The third-order valence-corrected chi connectivity index (χ3v) is 2.54. The minimum atomic E-state index is -0.481. The summed E-state index contributed by atoms with van der Waals surface area (Å²) in [4.78, 5) is 0. The fourth-order valence-corrected chi connectivity index (χ4v) is 1.58. The number of rotatable bonds is 4. The summed E-state index contributed by atoms with van der Waals surface area (Å²) in [5.74, 6) is -0.376. The molecule has 0 saturated carbocycles. The summed E-state index contributed by atoms with van der Waals surface area (Å²) in [6, 6.07) is 10.5. The molecule has 0 aromatic heterocycles. The second kappa shape index (κ2) is 5.60. The molecule has 4 heteroatoms. The molecule has 0 bridgehead atoms. The van der Waals surface area contributed by atoms with E-state index in [0.29, 0.717) is 12.3 Å². The normalized spacial score (nSPS) is 10.4. The van der Waals surface area contributed by atoms with Crippen molar-refractivity contribution in [1.82, 2.24) is 0 Å². The van der Waals surface area contributed by atoms with E-state index in [1.54, 1.807) is 18.2 Å². The van der Waals surface area contributed by atoms with Gasteiger partial charge in [0.15, 0.2) is 0 Å². The van der Waals surface area contributed by atoms with Crippen LogP contribution in [0, 0.1) is 11.6 Å². The highest BCUT2D eigenvalue weighted by molar-refractivity contribution is 5.29. The highest BCUT2D eigenvalue weighted by Crippen LogP contribution is 2.16. The first kappa shape index (κ1) is 12.5. The van der Waals surface area contributed by atoms with Crippen molar-refractivity contribution in [3.63, 3.8) is 0 Å². The molecular weight excluding hydrogens is 236 g/mol. The lowest BCUT2D eigenvalue weighted by atomic mass is 10.2. The summed E-state index contributed by atoms with van der Waals surface area (Å²) in [5.41, 5.74) is 6.62. The quantitative estimate of drug-likeness (QED) is 0.904. The Bertz CT molecular complexity index is 543. The maximum Gasteiger partial charge on any atom is 0.130 e. The van der Waals surface area contributed by atoms with Gasteiger partial charge in [-0.1, -0.05) is 12.1 Å². The van der Waals surface area contributed by atoms with E-state index in [1.807, 2.05) is 6.07 Å². The molecule has 0 amide bonds. The van der Waals surface area contributed by atoms with Gasteiger partial charge in [-0.05, 0) is 35.9 Å². The fourth-order valence-electron chi connectivity index (χ4n) is 1.58. The molecule has 2 nitrogen and oxygen atoms in total.